The van der Waals surface area contributed by atoms with Crippen molar-refractivity contribution in [1.82, 2.24) is 4.90 Å². The molecule has 1 aliphatic heterocycles. The Hall–Kier alpha value is -1.71. The summed E-state index contributed by atoms with van der Waals surface area (Å²) in [5, 5.41) is 7.53. The highest BCUT2D eigenvalue weighted by molar-refractivity contribution is 5.75. The van der Waals surface area contributed by atoms with Crippen molar-refractivity contribution >= 4 is 5.96 Å². The number of benzene rings is 1. The molecule has 1 unspecified atom stereocenters. The number of rotatable bonds is 2. The van der Waals surface area contributed by atoms with Gasteiger partial charge in [-0.2, -0.15) is 0 Å². The predicted octanol–water partition coefficient (Wildman–Crippen LogP) is 1.73. The minimum atomic E-state index is 0.165. The lowest BCUT2D eigenvalue weighted by Gasteiger charge is -2.25. The summed E-state index contributed by atoms with van der Waals surface area (Å²) in [6.45, 7) is 0.881. The van der Waals surface area contributed by atoms with Gasteiger partial charge in [0, 0.05) is 6.54 Å². The number of methoxy groups -OCH3 is 1. The van der Waals surface area contributed by atoms with Crippen LogP contribution in [0.5, 0.6) is 5.75 Å². The second-order valence-corrected chi connectivity index (χ2v) is 4.01. The molecule has 1 fully saturated rings. The molecular weight excluding hydrogens is 202 g/mol. The Labute approximate surface area is 95.5 Å². The van der Waals surface area contributed by atoms with Crippen LogP contribution in [0.2, 0.25) is 0 Å². The quantitative estimate of drug-likeness (QED) is 0.588. The van der Waals surface area contributed by atoms with Gasteiger partial charge in [0.15, 0.2) is 5.96 Å². The van der Waals surface area contributed by atoms with E-state index in [1.807, 2.05) is 29.2 Å². The fraction of sp³-hybridized carbons (Fsp3) is 0.417. The van der Waals surface area contributed by atoms with Gasteiger partial charge in [-0.15, -0.1) is 0 Å². The lowest BCUT2D eigenvalue weighted by molar-refractivity contribution is 0.391. The molecule has 1 aromatic carbocycles. The monoisotopic (exact) mass is 219 g/mol. The summed E-state index contributed by atoms with van der Waals surface area (Å²) in [4.78, 5) is 1.95. The molecular formula is C12H17N3O. The van der Waals surface area contributed by atoms with Crippen molar-refractivity contribution in [3.63, 3.8) is 0 Å². The molecule has 0 bridgehead atoms. The molecule has 4 heteroatoms. The standard InChI is InChI=1S/C12H17N3O/c1-16-10-6-4-9(5-7-10)11-3-2-8-15(11)12(13)14/h4-7,11H,2-3,8H2,1H3,(H3,13,14). The van der Waals surface area contributed by atoms with Crippen molar-refractivity contribution < 1.29 is 4.74 Å². The lowest BCUT2D eigenvalue weighted by Crippen LogP contribution is -2.35. The van der Waals surface area contributed by atoms with Crippen molar-refractivity contribution in [2.45, 2.75) is 18.9 Å². The van der Waals surface area contributed by atoms with Gasteiger partial charge >= 0.3 is 0 Å². The van der Waals surface area contributed by atoms with E-state index in [1.54, 1.807) is 7.11 Å². The highest BCUT2D eigenvalue weighted by Gasteiger charge is 2.26. The molecule has 2 rings (SSSR count). The molecule has 0 radical (unpaired) electrons. The molecule has 1 aliphatic rings. The van der Waals surface area contributed by atoms with Gasteiger partial charge in [0.25, 0.3) is 0 Å². The van der Waals surface area contributed by atoms with Gasteiger partial charge in [0.1, 0.15) is 5.75 Å². The fourth-order valence-corrected chi connectivity index (χ4v) is 2.23. The third-order valence-corrected chi connectivity index (χ3v) is 3.06. The van der Waals surface area contributed by atoms with Gasteiger partial charge in [-0.25, -0.2) is 0 Å². The van der Waals surface area contributed by atoms with Crippen LogP contribution in [0.4, 0.5) is 0 Å². The Morgan fingerprint density at radius 3 is 2.69 bits per heavy atom. The SMILES string of the molecule is COc1ccc(C2CCCN2C(=N)N)cc1. The Morgan fingerprint density at radius 2 is 2.12 bits per heavy atom. The zero-order valence-electron chi connectivity index (χ0n) is 9.44. The topological polar surface area (TPSA) is 62.3 Å². The maximum Gasteiger partial charge on any atom is 0.188 e. The number of hydrogen-bond donors (Lipinski definition) is 2. The maximum atomic E-state index is 7.53. The second-order valence-electron chi connectivity index (χ2n) is 4.01. The summed E-state index contributed by atoms with van der Waals surface area (Å²) in [6, 6.07) is 8.25. The first-order valence-corrected chi connectivity index (χ1v) is 5.47. The smallest absolute Gasteiger partial charge is 0.188 e. The maximum absolute atomic E-state index is 7.53. The zero-order valence-corrected chi connectivity index (χ0v) is 9.44. The third-order valence-electron chi connectivity index (χ3n) is 3.06. The van der Waals surface area contributed by atoms with Gasteiger partial charge in [-0.1, -0.05) is 12.1 Å². The molecule has 4 nitrogen and oxygen atoms in total. The van der Waals surface area contributed by atoms with E-state index in [-0.39, 0.29) is 12.0 Å². The summed E-state index contributed by atoms with van der Waals surface area (Å²) in [5.41, 5.74) is 6.77. The normalized spacial score (nSPS) is 19.8. The van der Waals surface area contributed by atoms with E-state index in [1.165, 1.54) is 5.56 Å². The van der Waals surface area contributed by atoms with Crippen LogP contribution >= 0.6 is 0 Å². The Balaban J connectivity index is 2.19. The summed E-state index contributed by atoms with van der Waals surface area (Å²) in [6.07, 6.45) is 2.15. The molecule has 0 aliphatic carbocycles. The summed E-state index contributed by atoms with van der Waals surface area (Å²) >= 11 is 0. The first-order valence-electron chi connectivity index (χ1n) is 5.47. The molecule has 3 N–H and O–H groups in total. The van der Waals surface area contributed by atoms with Crippen molar-refractivity contribution in [3.05, 3.63) is 29.8 Å². The Kier molecular flexibility index (Phi) is 2.99. The van der Waals surface area contributed by atoms with Crippen LogP contribution in [-0.2, 0) is 0 Å². The summed E-state index contributed by atoms with van der Waals surface area (Å²) in [5.74, 6) is 1.02. The van der Waals surface area contributed by atoms with E-state index < -0.39 is 0 Å². The number of ether oxygens (including phenoxy) is 1. The molecule has 1 aromatic rings. The first-order chi connectivity index (χ1) is 7.72. The van der Waals surface area contributed by atoms with Crippen molar-refractivity contribution in [3.8, 4) is 5.75 Å². The number of nitrogens with two attached hydrogens (primary N) is 1. The average Bonchev–Trinajstić information content (AvgIpc) is 2.78. The fourth-order valence-electron chi connectivity index (χ4n) is 2.23. The number of likely N-dealkylation sites (tertiary alicyclic amines) is 1. The van der Waals surface area contributed by atoms with Gasteiger partial charge in [0.05, 0.1) is 13.2 Å². The number of hydrogen-bond acceptors (Lipinski definition) is 2. The van der Waals surface area contributed by atoms with E-state index >= 15 is 0 Å². The van der Waals surface area contributed by atoms with E-state index in [4.69, 9.17) is 15.9 Å². The van der Waals surface area contributed by atoms with Crippen LogP contribution in [0.3, 0.4) is 0 Å². The number of nitrogens with zero attached hydrogens (tertiary/aromatic N) is 1. The van der Waals surface area contributed by atoms with Gasteiger partial charge in [0.2, 0.25) is 0 Å². The van der Waals surface area contributed by atoms with Crippen LogP contribution in [0.15, 0.2) is 24.3 Å². The van der Waals surface area contributed by atoms with Crippen LogP contribution in [-0.4, -0.2) is 24.5 Å². The van der Waals surface area contributed by atoms with E-state index in [2.05, 4.69) is 0 Å². The third kappa shape index (κ3) is 1.96. The number of nitrogens with one attached hydrogen (secondary N) is 1. The molecule has 0 aromatic heterocycles. The molecule has 0 saturated carbocycles. The minimum absolute atomic E-state index is 0.165. The van der Waals surface area contributed by atoms with Crippen LogP contribution in [0, 0.1) is 5.41 Å². The van der Waals surface area contributed by atoms with Crippen molar-refractivity contribution in [2.75, 3.05) is 13.7 Å². The molecule has 1 atom stereocenters. The largest absolute Gasteiger partial charge is 0.497 e. The van der Waals surface area contributed by atoms with E-state index in [9.17, 15) is 0 Å². The first kappa shape index (κ1) is 10.8. The molecule has 1 saturated heterocycles. The van der Waals surface area contributed by atoms with Gasteiger partial charge in [-0.3, -0.25) is 5.41 Å². The lowest BCUT2D eigenvalue weighted by atomic mass is 10.0. The second kappa shape index (κ2) is 4.43. The van der Waals surface area contributed by atoms with Gasteiger partial charge < -0.3 is 15.4 Å². The van der Waals surface area contributed by atoms with Gasteiger partial charge in [-0.05, 0) is 30.5 Å². The van der Waals surface area contributed by atoms with Crippen LogP contribution in [0.1, 0.15) is 24.4 Å². The summed E-state index contributed by atoms with van der Waals surface area (Å²) < 4.78 is 5.13. The van der Waals surface area contributed by atoms with Crippen LogP contribution < -0.4 is 10.5 Å². The Morgan fingerprint density at radius 1 is 1.44 bits per heavy atom. The predicted molar refractivity (Wildman–Crippen MR) is 63.6 cm³/mol. The van der Waals surface area contributed by atoms with Crippen molar-refractivity contribution in [1.29, 1.82) is 5.41 Å². The highest BCUT2D eigenvalue weighted by Crippen LogP contribution is 2.32. The molecule has 16 heavy (non-hydrogen) atoms. The molecule has 1 heterocycles. The zero-order chi connectivity index (χ0) is 11.5. The highest BCUT2D eigenvalue weighted by atomic mass is 16.5. The minimum Gasteiger partial charge on any atom is -0.497 e. The number of guanidine groups is 1. The summed E-state index contributed by atoms with van der Waals surface area (Å²) in [7, 11) is 1.66. The van der Waals surface area contributed by atoms with E-state index in [0.717, 1.165) is 25.1 Å². The molecule has 0 amide bonds. The molecule has 0 spiro atoms. The van der Waals surface area contributed by atoms with Crippen LogP contribution in [0.25, 0.3) is 0 Å². The average molecular weight is 219 g/mol. The van der Waals surface area contributed by atoms with E-state index in [0.29, 0.717) is 0 Å². The van der Waals surface area contributed by atoms with Crippen molar-refractivity contribution in [2.24, 2.45) is 5.73 Å². The Bertz CT molecular complexity index is 374. The molecule has 86 valence electrons.